The van der Waals surface area contributed by atoms with Crippen molar-refractivity contribution in [2.75, 3.05) is 13.2 Å². The first-order chi connectivity index (χ1) is 9.09. The molecule has 2 aromatic rings. The monoisotopic (exact) mass is 259 g/mol. The molecule has 19 heavy (non-hydrogen) atoms. The Kier molecular flexibility index (Phi) is 4.02. The number of nitrogens with zero attached hydrogens (tertiary/aromatic N) is 2. The highest BCUT2D eigenvalue weighted by atomic mass is 16.3. The minimum atomic E-state index is -0.458. The highest BCUT2D eigenvalue weighted by Gasteiger charge is 2.31. The van der Waals surface area contributed by atoms with Gasteiger partial charge in [-0.2, -0.15) is 5.10 Å². The van der Waals surface area contributed by atoms with Crippen molar-refractivity contribution in [3.63, 3.8) is 0 Å². The van der Waals surface area contributed by atoms with Crippen LogP contribution in [0, 0.1) is 6.92 Å². The Morgan fingerprint density at radius 3 is 2.68 bits per heavy atom. The van der Waals surface area contributed by atoms with Crippen molar-refractivity contribution in [3.05, 3.63) is 53.3 Å². The molecule has 1 unspecified atom stereocenters. The minimum absolute atomic E-state index is 0.0174. The standard InChI is InChI=1S/C15H21N3O/c1-12-4-3-5-13(8-12)15(10-16,11-19)9-14-6-7-18(2)17-14/h3-8,19H,9-11,16H2,1-2H3. The van der Waals surface area contributed by atoms with Gasteiger partial charge in [-0.1, -0.05) is 29.8 Å². The zero-order valence-electron chi connectivity index (χ0n) is 11.5. The topological polar surface area (TPSA) is 64.1 Å². The van der Waals surface area contributed by atoms with Crippen molar-refractivity contribution in [1.82, 2.24) is 9.78 Å². The molecule has 1 atom stereocenters. The number of aliphatic hydroxyl groups excluding tert-OH is 1. The van der Waals surface area contributed by atoms with E-state index in [2.05, 4.69) is 11.2 Å². The molecule has 4 nitrogen and oxygen atoms in total. The number of rotatable bonds is 5. The maximum atomic E-state index is 9.87. The largest absolute Gasteiger partial charge is 0.395 e. The van der Waals surface area contributed by atoms with Gasteiger partial charge < -0.3 is 10.8 Å². The first-order valence-corrected chi connectivity index (χ1v) is 6.46. The lowest BCUT2D eigenvalue weighted by atomic mass is 9.77. The Labute approximate surface area is 113 Å². The van der Waals surface area contributed by atoms with Gasteiger partial charge in [0.05, 0.1) is 12.3 Å². The Hall–Kier alpha value is -1.65. The van der Waals surface area contributed by atoms with Crippen LogP contribution in [-0.4, -0.2) is 28.0 Å². The molecule has 0 spiro atoms. The van der Waals surface area contributed by atoms with E-state index >= 15 is 0 Å². The van der Waals surface area contributed by atoms with Gasteiger partial charge in [0.15, 0.2) is 0 Å². The molecule has 1 aromatic heterocycles. The molecule has 0 amide bonds. The second-order valence-electron chi connectivity index (χ2n) is 5.17. The van der Waals surface area contributed by atoms with Crippen LogP contribution in [0.15, 0.2) is 36.5 Å². The molecule has 0 aliphatic heterocycles. The molecule has 3 N–H and O–H groups in total. The Morgan fingerprint density at radius 1 is 1.37 bits per heavy atom. The van der Waals surface area contributed by atoms with Crippen LogP contribution in [0.1, 0.15) is 16.8 Å². The fourth-order valence-electron chi connectivity index (χ4n) is 2.38. The van der Waals surface area contributed by atoms with Gasteiger partial charge in [-0.25, -0.2) is 0 Å². The number of hydrogen-bond donors (Lipinski definition) is 2. The van der Waals surface area contributed by atoms with E-state index in [1.807, 2.05) is 44.4 Å². The lowest BCUT2D eigenvalue weighted by Crippen LogP contribution is -2.41. The fraction of sp³-hybridized carbons (Fsp3) is 0.400. The maximum absolute atomic E-state index is 9.87. The number of aryl methyl sites for hydroxylation is 2. The Bertz CT molecular complexity index is 544. The van der Waals surface area contributed by atoms with Gasteiger partial charge in [-0.05, 0) is 18.6 Å². The molecule has 0 aliphatic carbocycles. The molecule has 2 rings (SSSR count). The number of benzene rings is 1. The zero-order chi connectivity index (χ0) is 13.9. The average Bonchev–Trinajstić information content (AvgIpc) is 2.81. The van der Waals surface area contributed by atoms with E-state index in [0.717, 1.165) is 11.3 Å². The smallest absolute Gasteiger partial charge is 0.0634 e. The first kappa shape index (κ1) is 13.8. The lowest BCUT2D eigenvalue weighted by molar-refractivity contribution is 0.195. The van der Waals surface area contributed by atoms with Crippen LogP contribution in [0.25, 0.3) is 0 Å². The summed E-state index contributed by atoms with van der Waals surface area (Å²) in [6.45, 7) is 2.45. The van der Waals surface area contributed by atoms with Crippen LogP contribution < -0.4 is 5.73 Å². The summed E-state index contributed by atoms with van der Waals surface area (Å²) in [6.07, 6.45) is 2.55. The van der Waals surface area contributed by atoms with Gasteiger partial charge in [-0.15, -0.1) is 0 Å². The van der Waals surface area contributed by atoms with Crippen LogP contribution in [0.5, 0.6) is 0 Å². The summed E-state index contributed by atoms with van der Waals surface area (Å²) < 4.78 is 1.77. The van der Waals surface area contributed by atoms with Crippen molar-refractivity contribution in [1.29, 1.82) is 0 Å². The van der Waals surface area contributed by atoms with Gasteiger partial charge in [-0.3, -0.25) is 4.68 Å². The van der Waals surface area contributed by atoms with Crippen molar-refractivity contribution < 1.29 is 5.11 Å². The quantitative estimate of drug-likeness (QED) is 0.847. The third kappa shape index (κ3) is 2.85. The Balaban J connectivity index is 2.37. The van der Waals surface area contributed by atoms with Crippen molar-refractivity contribution >= 4 is 0 Å². The molecule has 0 fully saturated rings. The van der Waals surface area contributed by atoms with Crippen LogP contribution in [0.2, 0.25) is 0 Å². The summed E-state index contributed by atoms with van der Waals surface area (Å²) in [4.78, 5) is 0. The van der Waals surface area contributed by atoms with E-state index in [-0.39, 0.29) is 6.61 Å². The highest BCUT2D eigenvalue weighted by Crippen LogP contribution is 2.27. The van der Waals surface area contributed by atoms with Crippen molar-refractivity contribution in [3.8, 4) is 0 Å². The third-order valence-corrected chi connectivity index (χ3v) is 3.61. The highest BCUT2D eigenvalue weighted by molar-refractivity contribution is 5.32. The van der Waals surface area contributed by atoms with Gasteiger partial charge in [0, 0.05) is 31.6 Å². The van der Waals surface area contributed by atoms with Gasteiger partial charge in [0.25, 0.3) is 0 Å². The van der Waals surface area contributed by atoms with Crippen LogP contribution >= 0.6 is 0 Å². The zero-order valence-corrected chi connectivity index (χ0v) is 11.5. The molecule has 102 valence electrons. The lowest BCUT2D eigenvalue weighted by Gasteiger charge is -2.30. The van der Waals surface area contributed by atoms with E-state index in [9.17, 15) is 5.11 Å². The van der Waals surface area contributed by atoms with Gasteiger partial charge >= 0.3 is 0 Å². The van der Waals surface area contributed by atoms with Gasteiger partial charge in [0.2, 0.25) is 0 Å². The van der Waals surface area contributed by atoms with E-state index in [1.165, 1.54) is 5.56 Å². The molecule has 0 aliphatic rings. The average molecular weight is 259 g/mol. The van der Waals surface area contributed by atoms with E-state index in [4.69, 9.17) is 5.73 Å². The summed E-state index contributed by atoms with van der Waals surface area (Å²) in [6, 6.07) is 10.1. The number of aromatic nitrogens is 2. The van der Waals surface area contributed by atoms with E-state index in [1.54, 1.807) is 4.68 Å². The van der Waals surface area contributed by atoms with E-state index in [0.29, 0.717) is 13.0 Å². The molecule has 1 aromatic carbocycles. The van der Waals surface area contributed by atoms with Crippen molar-refractivity contribution in [2.24, 2.45) is 12.8 Å². The summed E-state index contributed by atoms with van der Waals surface area (Å²) >= 11 is 0. The molecule has 0 saturated carbocycles. The molecule has 4 heteroatoms. The molecular formula is C15H21N3O. The number of hydrogen-bond acceptors (Lipinski definition) is 3. The second kappa shape index (κ2) is 5.55. The molecule has 1 heterocycles. The summed E-state index contributed by atoms with van der Waals surface area (Å²) in [5, 5.41) is 14.3. The normalized spacial score (nSPS) is 14.3. The SMILES string of the molecule is Cc1cccc(C(CN)(CO)Cc2ccn(C)n2)c1. The second-order valence-corrected chi connectivity index (χ2v) is 5.17. The predicted octanol–water partition coefficient (Wildman–Crippen LogP) is 1.16. The van der Waals surface area contributed by atoms with Crippen LogP contribution in [-0.2, 0) is 18.9 Å². The summed E-state index contributed by atoms with van der Waals surface area (Å²) in [7, 11) is 1.89. The minimum Gasteiger partial charge on any atom is -0.395 e. The molecule has 0 radical (unpaired) electrons. The van der Waals surface area contributed by atoms with Crippen LogP contribution in [0.4, 0.5) is 0 Å². The molecule has 0 bridgehead atoms. The number of aliphatic hydroxyl groups is 1. The fourth-order valence-corrected chi connectivity index (χ4v) is 2.38. The van der Waals surface area contributed by atoms with Crippen molar-refractivity contribution in [2.45, 2.75) is 18.8 Å². The first-order valence-electron chi connectivity index (χ1n) is 6.46. The maximum Gasteiger partial charge on any atom is 0.0634 e. The van der Waals surface area contributed by atoms with E-state index < -0.39 is 5.41 Å². The molecule has 0 saturated heterocycles. The summed E-state index contributed by atoms with van der Waals surface area (Å²) in [5.74, 6) is 0. The van der Waals surface area contributed by atoms with Crippen LogP contribution in [0.3, 0.4) is 0 Å². The third-order valence-electron chi connectivity index (χ3n) is 3.61. The Morgan fingerprint density at radius 2 is 2.16 bits per heavy atom. The predicted molar refractivity (Wildman–Crippen MR) is 75.9 cm³/mol. The van der Waals surface area contributed by atoms with Gasteiger partial charge in [0.1, 0.15) is 0 Å². The molecular weight excluding hydrogens is 238 g/mol. The summed E-state index contributed by atoms with van der Waals surface area (Å²) in [5.41, 5.74) is 8.69. The number of nitrogens with two attached hydrogens (primary N) is 1.